The predicted molar refractivity (Wildman–Crippen MR) is 76.0 cm³/mol. The van der Waals surface area contributed by atoms with Gasteiger partial charge in [-0.15, -0.1) is 0 Å². The zero-order valence-electron chi connectivity index (χ0n) is 12.0. The Morgan fingerprint density at radius 1 is 1.38 bits per heavy atom. The number of carbonyl (C=O) groups excluding carboxylic acids is 1. The molecule has 0 atom stereocenters. The van der Waals surface area contributed by atoms with E-state index in [2.05, 4.69) is 17.2 Å². The average Bonchev–Trinajstić information content (AvgIpc) is 2.47. The Hall–Kier alpha value is -2.11. The first kappa shape index (κ1) is 15.3. The fraction of sp³-hybridized carbons (Fsp3) is 0.533. The molecule has 1 aliphatic rings. The van der Waals surface area contributed by atoms with Gasteiger partial charge >= 0.3 is 5.97 Å². The van der Waals surface area contributed by atoms with Crippen LogP contribution in [0.3, 0.4) is 0 Å². The number of amides is 1. The molecule has 6 nitrogen and oxygen atoms in total. The molecule has 1 aromatic heterocycles. The molecule has 3 N–H and O–H groups in total. The van der Waals surface area contributed by atoms with Crippen LogP contribution in [0.25, 0.3) is 0 Å². The van der Waals surface area contributed by atoms with Crippen LogP contribution in [0.4, 0.5) is 0 Å². The molecular formula is C15H20N2O4. The molecule has 21 heavy (non-hydrogen) atoms. The quantitative estimate of drug-likeness (QED) is 0.787. The summed E-state index contributed by atoms with van der Waals surface area (Å²) in [6.45, 7) is 2.09. The van der Waals surface area contributed by atoms with Crippen LogP contribution in [0.1, 0.15) is 49.4 Å². The number of hydrogen-bond donors (Lipinski definition) is 3. The van der Waals surface area contributed by atoms with Crippen LogP contribution in [-0.2, 0) is 4.79 Å². The minimum Gasteiger partial charge on any atom is -0.506 e. The van der Waals surface area contributed by atoms with Crippen LogP contribution in [0.2, 0.25) is 0 Å². The van der Waals surface area contributed by atoms with Gasteiger partial charge < -0.3 is 15.5 Å². The van der Waals surface area contributed by atoms with Crippen molar-refractivity contribution in [1.29, 1.82) is 0 Å². The Morgan fingerprint density at radius 2 is 2.05 bits per heavy atom. The van der Waals surface area contributed by atoms with Gasteiger partial charge in [-0.1, -0.05) is 13.3 Å². The van der Waals surface area contributed by atoms with Crippen molar-refractivity contribution in [3.8, 4) is 5.75 Å². The highest BCUT2D eigenvalue weighted by Gasteiger charge is 2.43. The summed E-state index contributed by atoms with van der Waals surface area (Å²) in [6.07, 6.45) is 6.00. The van der Waals surface area contributed by atoms with Crippen molar-refractivity contribution < 1.29 is 19.8 Å². The minimum atomic E-state index is -1.21. The molecule has 1 aromatic rings. The van der Waals surface area contributed by atoms with E-state index in [4.69, 9.17) is 0 Å². The Labute approximate surface area is 123 Å². The maximum atomic E-state index is 12.2. The normalized spacial score (nSPS) is 25.3. The van der Waals surface area contributed by atoms with E-state index in [1.165, 1.54) is 18.5 Å². The summed E-state index contributed by atoms with van der Waals surface area (Å²) in [5, 5.41) is 21.5. The number of aliphatic carboxylic acids is 1. The van der Waals surface area contributed by atoms with Crippen molar-refractivity contribution in [2.45, 2.75) is 44.6 Å². The molecule has 0 bridgehead atoms. The van der Waals surface area contributed by atoms with Crippen LogP contribution in [0, 0.1) is 5.92 Å². The summed E-state index contributed by atoms with van der Waals surface area (Å²) < 4.78 is 0. The van der Waals surface area contributed by atoms with Crippen LogP contribution in [-0.4, -0.2) is 32.6 Å². The number of pyridine rings is 1. The Bertz CT molecular complexity index is 536. The fourth-order valence-corrected chi connectivity index (χ4v) is 2.81. The van der Waals surface area contributed by atoms with E-state index >= 15 is 0 Å². The van der Waals surface area contributed by atoms with Gasteiger partial charge in [-0.25, -0.2) is 4.79 Å². The van der Waals surface area contributed by atoms with Crippen molar-refractivity contribution >= 4 is 11.9 Å². The highest BCUT2D eigenvalue weighted by atomic mass is 16.4. The molecule has 6 heteroatoms. The first-order valence-electron chi connectivity index (χ1n) is 7.17. The third-order valence-electron chi connectivity index (χ3n) is 4.28. The van der Waals surface area contributed by atoms with E-state index in [1.54, 1.807) is 0 Å². The molecule has 1 heterocycles. The lowest BCUT2D eigenvalue weighted by Crippen LogP contribution is -2.56. The lowest BCUT2D eigenvalue weighted by molar-refractivity contribution is -0.146. The standard InChI is InChI=1S/C15H20N2O4/c1-2-10-3-5-15(6-4-10,14(20)21)17-13(19)11-7-12(18)9-16-8-11/h7-10,18H,2-6H2,1H3,(H,17,19)(H,20,21). The van der Waals surface area contributed by atoms with E-state index in [-0.39, 0.29) is 11.3 Å². The lowest BCUT2D eigenvalue weighted by Gasteiger charge is -2.37. The highest BCUT2D eigenvalue weighted by Crippen LogP contribution is 2.34. The summed E-state index contributed by atoms with van der Waals surface area (Å²) in [4.78, 5) is 27.6. The van der Waals surface area contributed by atoms with E-state index in [0.29, 0.717) is 18.8 Å². The van der Waals surface area contributed by atoms with Gasteiger partial charge in [-0.2, -0.15) is 0 Å². The topological polar surface area (TPSA) is 99.5 Å². The molecule has 1 fully saturated rings. The second-order valence-electron chi connectivity index (χ2n) is 5.62. The van der Waals surface area contributed by atoms with E-state index in [0.717, 1.165) is 19.3 Å². The van der Waals surface area contributed by atoms with Crippen molar-refractivity contribution in [3.63, 3.8) is 0 Å². The molecule has 1 amide bonds. The van der Waals surface area contributed by atoms with Crippen LogP contribution in [0.15, 0.2) is 18.5 Å². The number of hydrogen-bond acceptors (Lipinski definition) is 4. The minimum absolute atomic E-state index is 0.123. The van der Waals surface area contributed by atoms with Crippen molar-refractivity contribution in [3.05, 3.63) is 24.0 Å². The third-order valence-corrected chi connectivity index (χ3v) is 4.28. The van der Waals surface area contributed by atoms with E-state index in [1.807, 2.05) is 0 Å². The maximum absolute atomic E-state index is 12.2. The number of carboxylic acid groups (broad SMARTS) is 1. The van der Waals surface area contributed by atoms with Gasteiger partial charge in [0.2, 0.25) is 0 Å². The average molecular weight is 292 g/mol. The zero-order chi connectivity index (χ0) is 15.5. The summed E-state index contributed by atoms with van der Waals surface area (Å²) in [5.41, 5.74) is -1.05. The van der Waals surface area contributed by atoms with Crippen molar-refractivity contribution in [1.82, 2.24) is 10.3 Å². The molecule has 0 aromatic carbocycles. The molecular weight excluding hydrogens is 272 g/mol. The third kappa shape index (κ3) is 3.32. The number of aromatic hydroxyl groups is 1. The molecule has 1 aliphatic carbocycles. The number of rotatable bonds is 4. The molecule has 0 unspecified atom stereocenters. The number of nitrogens with zero attached hydrogens (tertiary/aromatic N) is 1. The molecule has 1 saturated carbocycles. The van der Waals surface area contributed by atoms with Crippen LogP contribution >= 0.6 is 0 Å². The largest absolute Gasteiger partial charge is 0.506 e. The summed E-state index contributed by atoms with van der Waals surface area (Å²) in [6, 6.07) is 1.27. The number of carbonyl (C=O) groups is 2. The van der Waals surface area contributed by atoms with E-state index in [9.17, 15) is 19.8 Å². The smallest absolute Gasteiger partial charge is 0.329 e. The highest BCUT2D eigenvalue weighted by molar-refractivity contribution is 5.97. The van der Waals surface area contributed by atoms with Crippen molar-refractivity contribution in [2.75, 3.05) is 0 Å². The molecule has 114 valence electrons. The van der Waals surface area contributed by atoms with Crippen LogP contribution < -0.4 is 5.32 Å². The number of aromatic nitrogens is 1. The second kappa shape index (κ2) is 6.11. The Kier molecular flexibility index (Phi) is 4.45. The SMILES string of the molecule is CCC1CCC(NC(=O)c2cncc(O)c2)(C(=O)O)CC1. The maximum Gasteiger partial charge on any atom is 0.329 e. The van der Waals surface area contributed by atoms with Crippen molar-refractivity contribution in [2.24, 2.45) is 5.92 Å². The fourth-order valence-electron chi connectivity index (χ4n) is 2.81. The van der Waals surface area contributed by atoms with Gasteiger partial charge in [0, 0.05) is 6.20 Å². The predicted octanol–water partition coefficient (Wildman–Crippen LogP) is 1.94. The molecule has 0 saturated heterocycles. The first-order chi connectivity index (χ1) is 9.97. The van der Waals surface area contributed by atoms with Gasteiger partial charge in [0.25, 0.3) is 5.91 Å². The second-order valence-corrected chi connectivity index (χ2v) is 5.62. The zero-order valence-corrected chi connectivity index (χ0v) is 12.0. The summed E-state index contributed by atoms with van der Waals surface area (Å²) in [7, 11) is 0. The van der Waals surface area contributed by atoms with Gasteiger partial charge in [-0.3, -0.25) is 9.78 Å². The van der Waals surface area contributed by atoms with Gasteiger partial charge in [-0.05, 0) is 37.7 Å². The summed E-state index contributed by atoms with van der Waals surface area (Å²) in [5.74, 6) is -1.12. The monoisotopic (exact) mass is 292 g/mol. The van der Waals surface area contributed by atoms with E-state index < -0.39 is 17.4 Å². The molecule has 0 aliphatic heterocycles. The van der Waals surface area contributed by atoms with Gasteiger partial charge in [0.05, 0.1) is 11.8 Å². The van der Waals surface area contributed by atoms with Gasteiger partial charge in [0.15, 0.2) is 0 Å². The first-order valence-corrected chi connectivity index (χ1v) is 7.17. The van der Waals surface area contributed by atoms with Crippen LogP contribution in [0.5, 0.6) is 5.75 Å². The lowest BCUT2D eigenvalue weighted by atomic mass is 9.75. The number of nitrogens with one attached hydrogen (secondary N) is 1. The molecule has 0 radical (unpaired) electrons. The Balaban J connectivity index is 2.14. The number of carboxylic acids is 1. The molecule has 0 spiro atoms. The van der Waals surface area contributed by atoms with Gasteiger partial charge in [0.1, 0.15) is 11.3 Å². The Morgan fingerprint density at radius 3 is 2.57 bits per heavy atom. The summed E-state index contributed by atoms with van der Waals surface area (Å²) >= 11 is 0. The molecule has 2 rings (SSSR count).